The van der Waals surface area contributed by atoms with E-state index in [0.29, 0.717) is 5.82 Å². The quantitative estimate of drug-likeness (QED) is 0.886. The summed E-state index contributed by atoms with van der Waals surface area (Å²) in [5, 5.41) is 0. The van der Waals surface area contributed by atoms with E-state index in [4.69, 9.17) is 10.7 Å². The van der Waals surface area contributed by atoms with Gasteiger partial charge in [-0.1, -0.05) is 34.6 Å². The van der Waals surface area contributed by atoms with Crippen LogP contribution in [0.25, 0.3) is 0 Å². The second-order valence-corrected chi connectivity index (χ2v) is 6.12. The molecule has 0 aromatic carbocycles. The average molecular weight is 264 g/mol. The zero-order valence-electron chi connectivity index (χ0n) is 13.2. The Kier molecular flexibility index (Phi) is 5.15. The summed E-state index contributed by atoms with van der Waals surface area (Å²) in [5.41, 5.74) is 6.98. The third-order valence-electron chi connectivity index (χ3n) is 3.12. The first kappa shape index (κ1) is 15.7. The lowest BCUT2D eigenvalue weighted by atomic mass is 9.95. The van der Waals surface area contributed by atoms with Gasteiger partial charge in [-0.25, -0.2) is 9.97 Å². The van der Waals surface area contributed by atoms with Gasteiger partial charge in [0.25, 0.3) is 0 Å². The molecular formula is C15H28N4. The topological polar surface area (TPSA) is 55.0 Å². The van der Waals surface area contributed by atoms with Crippen LogP contribution in [0, 0.1) is 6.92 Å². The van der Waals surface area contributed by atoms with E-state index in [2.05, 4.69) is 44.5 Å². The van der Waals surface area contributed by atoms with Gasteiger partial charge in [-0.2, -0.15) is 0 Å². The summed E-state index contributed by atoms with van der Waals surface area (Å²) in [7, 11) is 0. The molecule has 0 bridgehead atoms. The molecule has 0 fully saturated rings. The summed E-state index contributed by atoms with van der Waals surface area (Å²) in [4.78, 5) is 11.5. The first-order chi connectivity index (χ1) is 8.81. The van der Waals surface area contributed by atoms with Crippen molar-refractivity contribution >= 4 is 11.6 Å². The Labute approximate surface area is 117 Å². The predicted octanol–water partition coefficient (Wildman–Crippen LogP) is 3.29. The summed E-state index contributed by atoms with van der Waals surface area (Å²) in [6, 6.07) is 0. The van der Waals surface area contributed by atoms with Gasteiger partial charge < -0.3 is 10.6 Å². The molecule has 2 N–H and O–H groups in total. The van der Waals surface area contributed by atoms with Crippen molar-refractivity contribution in [3.63, 3.8) is 0 Å². The highest BCUT2D eigenvalue weighted by Gasteiger charge is 2.22. The molecule has 0 atom stereocenters. The third kappa shape index (κ3) is 3.82. The van der Waals surface area contributed by atoms with Crippen molar-refractivity contribution in [3.8, 4) is 0 Å². The summed E-state index contributed by atoms with van der Waals surface area (Å²) < 4.78 is 0. The Hall–Kier alpha value is -1.32. The summed E-state index contributed by atoms with van der Waals surface area (Å²) >= 11 is 0. The van der Waals surface area contributed by atoms with Gasteiger partial charge in [0.2, 0.25) is 0 Å². The highest BCUT2D eigenvalue weighted by atomic mass is 15.2. The molecule has 0 amide bonds. The Balaban J connectivity index is 3.27. The smallest absolute Gasteiger partial charge is 0.138 e. The molecule has 0 aliphatic carbocycles. The molecule has 1 heterocycles. The minimum Gasteiger partial charge on any atom is -0.383 e. The van der Waals surface area contributed by atoms with Crippen molar-refractivity contribution in [2.75, 3.05) is 23.7 Å². The number of nitrogen functional groups attached to an aromatic ring is 1. The molecule has 4 heteroatoms. The standard InChI is InChI=1S/C15H28N4/c1-7-9-19(10-8-2)13-11(3)12(16)17-14(18-13)15(4,5)6/h7-10H2,1-6H3,(H2,16,17,18). The van der Waals surface area contributed by atoms with Crippen molar-refractivity contribution in [1.29, 1.82) is 0 Å². The third-order valence-corrected chi connectivity index (χ3v) is 3.12. The van der Waals surface area contributed by atoms with Crippen molar-refractivity contribution in [1.82, 2.24) is 9.97 Å². The Morgan fingerprint density at radius 1 is 1.05 bits per heavy atom. The fourth-order valence-corrected chi connectivity index (χ4v) is 2.03. The van der Waals surface area contributed by atoms with Crippen molar-refractivity contribution in [2.45, 2.75) is 59.8 Å². The Bertz CT molecular complexity index is 415. The van der Waals surface area contributed by atoms with E-state index >= 15 is 0 Å². The van der Waals surface area contributed by atoms with Gasteiger partial charge in [0.1, 0.15) is 17.5 Å². The van der Waals surface area contributed by atoms with Crippen LogP contribution in [0.2, 0.25) is 0 Å². The second-order valence-electron chi connectivity index (χ2n) is 6.12. The highest BCUT2D eigenvalue weighted by molar-refractivity contribution is 5.56. The molecule has 0 radical (unpaired) electrons. The van der Waals surface area contributed by atoms with E-state index in [1.54, 1.807) is 0 Å². The lowest BCUT2D eigenvalue weighted by Gasteiger charge is -2.27. The fraction of sp³-hybridized carbons (Fsp3) is 0.733. The molecule has 0 saturated heterocycles. The van der Waals surface area contributed by atoms with Crippen LogP contribution < -0.4 is 10.6 Å². The highest BCUT2D eigenvalue weighted by Crippen LogP contribution is 2.27. The van der Waals surface area contributed by atoms with Crippen LogP contribution >= 0.6 is 0 Å². The molecule has 0 unspecified atom stereocenters. The molecule has 4 nitrogen and oxygen atoms in total. The van der Waals surface area contributed by atoms with Crippen LogP contribution in [-0.4, -0.2) is 23.1 Å². The van der Waals surface area contributed by atoms with E-state index in [1.165, 1.54) is 0 Å². The average Bonchev–Trinajstić information content (AvgIpc) is 2.31. The van der Waals surface area contributed by atoms with Gasteiger partial charge >= 0.3 is 0 Å². The first-order valence-electron chi connectivity index (χ1n) is 7.20. The van der Waals surface area contributed by atoms with Gasteiger partial charge in [0, 0.05) is 24.1 Å². The lowest BCUT2D eigenvalue weighted by molar-refractivity contribution is 0.543. The number of anilines is 2. The molecule has 1 aromatic heterocycles. The Morgan fingerprint density at radius 2 is 1.58 bits per heavy atom. The Morgan fingerprint density at radius 3 is 2.00 bits per heavy atom. The number of rotatable bonds is 5. The zero-order chi connectivity index (χ0) is 14.6. The van der Waals surface area contributed by atoms with Crippen LogP contribution in [0.1, 0.15) is 58.8 Å². The van der Waals surface area contributed by atoms with Crippen LogP contribution in [0.5, 0.6) is 0 Å². The molecule has 0 aliphatic heterocycles. The molecule has 1 aromatic rings. The maximum Gasteiger partial charge on any atom is 0.138 e. The van der Waals surface area contributed by atoms with E-state index in [9.17, 15) is 0 Å². The van der Waals surface area contributed by atoms with Gasteiger partial charge in [-0.05, 0) is 19.8 Å². The van der Waals surface area contributed by atoms with Gasteiger partial charge in [0.05, 0.1) is 0 Å². The number of aromatic nitrogens is 2. The number of hydrogen-bond donors (Lipinski definition) is 1. The summed E-state index contributed by atoms with van der Waals surface area (Å²) in [6.07, 6.45) is 2.21. The first-order valence-corrected chi connectivity index (χ1v) is 7.20. The molecule has 0 spiro atoms. The summed E-state index contributed by atoms with van der Waals surface area (Å²) in [5.74, 6) is 2.43. The second kappa shape index (κ2) is 6.22. The van der Waals surface area contributed by atoms with Crippen LogP contribution in [-0.2, 0) is 5.41 Å². The molecular weight excluding hydrogens is 236 g/mol. The summed E-state index contributed by atoms with van der Waals surface area (Å²) in [6.45, 7) is 14.7. The van der Waals surface area contributed by atoms with Crippen molar-refractivity contribution in [2.24, 2.45) is 0 Å². The SMILES string of the molecule is CCCN(CCC)c1nc(C(C)(C)C)nc(N)c1C. The fourth-order valence-electron chi connectivity index (χ4n) is 2.03. The predicted molar refractivity (Wildman–Crippen MR) is 82.7 cm³/mol. The van der Waals surface area contributed by atoms with Crippen LogP contribution in [0.15, 0.2) is 0 Å². The molecule has 0 saturated carbocycles. The van der Waals surface area contributed by atoms with Crippen LogP contribution in [0.4, 0.5) is 11.6 Å². The maximum absolute atomic E-state index is 6.07. The van der Waals surface area contributed by atoms with Crippen molar-refractivity contribution in [3.05, 3.63) is 11.4 Å². The van der Waals surface area contributed by atoms with Crippen molar-refractivity contribution < 1.29 is 0 Å². The monoisotopic (exact) mass is 264 g/mol. The number of hydrogen-bond acceptors (Lipinski definition) is 4. The van der Waals surface area contributed by atoms with Gasteiger partial charge in [-0.3, -0.25) is 0 Å². The van der Waals surface area contributed by atoms with Gasteiger partial charge in [-0.15, -0.1) is 0 Å². The zero-order valence-corrected chi connectivity index (χ0v) is 13.2. The lowest BCUT2D eigenvalue weighted by Crippen LogP contribution is -2.29. The van der Waals surface area contributed by atoms with Crippen LogP contribution in [0.3, 0.4) is 0 Å². The number of nitrogens with two attached hydrogens (primary N) is 1. The van der Waals surface area contributed by atoms with E-state index in [1.807, 2.05) is 6.92 Å². The number of nitrogens with zero attached hydrogens (tertiary/aromatic N) is 3. The largest absolute Gasteiger partial charge is 0.383 e. The maximum atomic E-state index is 6.07. The molecule has 108 valence electrons. The molecule has 19 heavy (non-hydrogen) atoms. The van der Waals surface area contributed by atoms with E-state index in [-0.39, 0.29) is 5.41 Å². The minimum absolute atomic E-state index is 0.0827. The molecule has 1 rings (SSSR count). The van der Waals surface area contributed by atoms with Gasteiger partial charge in [0.15, 0.2) is 0 Å². The van der Waals surface area contributed by atoms with E-state index in [0.717, 1.165) is 43.1 Å². The normalized spacial score (nSPS) is 11.7. The van der Waals surface area contributed by atoms with E-state index < -0.39 is 0 Å². The molecule has 0 aliphatic rings. The minimum atomic E-state index is -0.0827.